The van der Waals surface area contributed by atoms with Gasteiger partial charge in [0.2, 0.25) is 5.95 Å². The molecule has 0 bridgehead atoms. The number of nitrogens with one attached hydrogen (secondary N) is 2. The van der Waals surface area contributed by atoms with Gasteiger partial charge in [-0.15, -0.1) is 5.10 Å². The van der Waals surface area contributed by atoms with E-state index < -0.39 is 17.5 Å². The van der Waals surface area contributed by atoms with Gasteiger partial charge in [0.05, 0.1) is 47.2 Å². The molecular formula is C32H35ClFN9O2. The number of pyridine rings is 2. The molecule has 2 N–H and O–H groups in total. The lowest BCUT2D eigenvalue weighted by atomic mass is 9.96. The molecule has 11 nitrogen and oxygen atoms in total. The highest BCUT2D eigenvalue weighted by atomic mass is 35.5. The molecular weight excluding hydrogens is 597 g/mol. The van der Waals surface area contributed by atoms with Crippen molar-refractivity contribution in [3.63, 3.8) is 0 Å². The number of ether oxygens (including phenoxy) is 1. The first-order chi connectivity index (χ1) is 21.5. The largest absolute Gasteiger partial charge is 0.383 e. The van der Waals surface area contributed by atoms with Gasteiger partial charge in [-0.2, -0.15) is 9.65 Å². The van der Waals surface area contributed by atoms with Crippen molar-refractivity contribution in [3.05, 3.63) is 70.1 Å². The number of carbonyl (C=O) groups excluding carboxylic acids is 1. The smallest absolute Gasteiger partial charge is 0.250 e. The van der Waals surface area contributed by atoms with Gasteiger partial charge in [-0.1, -0.05) is 43.7 Å². The first-order valence-electron chi connectivity index (χ1n) is 14.9. The predicted octanol–water partition coefficient (Wildman–Crippen LogP) is 5.20. The quantitative estimate of drug-likeness (QED) is 0.252. The van der Waals surface area contributed by atoms with E-state index in [-0.39, 0.29) is 11.3 Å². The molecule has 1 aromatic carbocycles. The maximum absolute atomic E-state index is 14.1. The number of benzene rings is 1. The van der Waals surface area contributed by atoms with Crippen LogP contribution in [0.25, 0.3) is 10.9 Å². The summed E-state index contributed by atoms with van der Waals surface area (Å²) in [5.41, 5.74) is 3.07. The second kappa shape index (κ2) is 11.9. The Bertz CT molecular complexity index is 1800. The van der Waals surface area contributed by atoms with Crippen LogP contribution >= 0.6 is 11.6 Å². The fourth-order valence-corrected chi connectivity index (χ4v) is 5.90. The summed E-state index contributed by atoms with van der Waals surface area (Å²) < 4.78 is 21.2. The van der Waals surface area contributed by atoms with Crippen LogP contribution in [0, 0.1) is 29.6 Å². The number of aryl methyl sites for hydroxylation is 1. The van der Waals surface area contributed by atoms with Gasteiger partial charge in [0.25, 0.3) is 5.91 Å². The topological polar surface area (TPSA) is 134 Å². The first kappa shape index (κ1) is 30.7. The molecule has 3 aromatic heterocycles. The monoisotopic (exact) mass is 631 g/mol. The van der Waals surface area contributed by atoms with Crippen molar-refractivity contribution < 1.29 is 13.9 Å². The minimum atomic E-state index is -0.775. The van der Waals surface area contributed by atoms with E-state index in [9.17, 15) is 14.4 Å². The summed E-state index contributed by atoms with van der Waals surface area (Å²) in [6, 6.07) is 8.22. The predicted molar refractivity (Wildman–Crippen MR) is 168 cm³/mol. The molecule has 1 saturated carbocycles. The minimum Gasteiger partial charge on any atom is -0.383 e. The van der Waals surface area contributed by atoms with Gasteiger partial charge in [0.15, 0.2) is 0 Å². The number of hydrogen-bond acceptors (Lipinski definition) is 9. The Labute approximate surface area is 265 Å². The normalized spacial score (nSPS) is 16.7. The molecule has 0 spiro atoms. The summed E-state index contributed by atoms with van der Waals surface area (Å²) >= 11 is 6.77. The van der Waals surface area contributed by atoms with E-state index in [1.165, 1.54) is 12.3 Å². The lowest BCUT2D eigenvalue weighted by Gasteiger charge is -2.30. The zero-order valence-corrected chi connectivity index (χ0v) is 26.5. The van der Waals surface area contributed by atoms with E-state index in [0.717, 1.165) is 0 Å². The van der Waals surface area contributed by atoms with E-state index in [4.69, 9.17) is 16.3 Å². The third-order valence-electron chi connectivity index (χ3n) is 8.22. The summed E-state index contributed by atoms with van der Waals surface area (Å²) in [4.78, 5) is 23.9. The molecule has 1 aliphatic carbocycles. The Balaban J connectivity index is 1.40. The zero-order chi connectivity index (χ0) is 31.9. The van der Waals surface area contributed by atoms with Crippen LogP contribution in [-0.2, 0) is 15.1 Å². The number of rotatable bonds is 8. The minimum absolute atomic E-state index is 0.0174. The molecule has 0 radical (unpaired) electrons. The summed E-state index contributed by atoms with van der Waals surface area (Å²) in [5, 5.41) is 26.8. The lowest BCUT2D eigenvalue weighted by molar-refractivity contribution is -0.140. The van der Waals surface area contributed by atoms with Crippen LogP contribution in [0.3, 0.4) is 0 Å². The number of nitriles is 1. The van der Waals surface area contributed by atoms with Crippen molar-refractivity contribution in [3.8, 4) is 6.07 Å². The Kier molecular flexibility index (Phi) is 8.09. The maximum Gasteiger partial charge on any atom is 0.250 e. The number of carbonyl (C=O) groups is 1. The maximum atomic E-state index is 14.1. The SMILES string of the molecule is Cc1nc(F)ccc1[C@H](Nc1cc(Cl)c2ncc(C#N)c(NCC(C)(C)C)c2c1)c1cn(C2(C(=O)N3CCOCC3)CC2)nn1. The molecule has 4 heterocycles. The van der Waals surface area contributed by atoms with Crippen LogP contribution in [0.4, 0.5) is 15.8 Å². The molecule has 1 amide bonds. The molecule has 2 fully saturated rings. The third kappa shape index (κ3) is 6.15. The van der Waals surface area contributed by atoms with E-state index >= 15 is 0 Å². The van der Waals surface area contributed by atoms with Gasteiger partial charge in [0.1, 0.15) is 17.3 Å². The van der Waals surface area contributed by atoms with Crippen LogP contribution in [0.1, 0.15) is 62.2 Å². The highest BCUT2D eigenvalue weighted by molar-refractivity contribution is 6.35. The number of morpholine rings is 1. The molecule has 1 atom stereocenters. The Morgan fingerprint density at radius 2 is 2.00 bits per heavy atom. The number of halogens is 2. The van der Waals surface area contributed by atoms with Crippen LogP contribution in [0.5, 0.6) is 0 Å². The summed E-state index contributed by atoms with van der Waals surface area (Å²) in [7, 11) is 0. The molecule has 13 heteroatoms. The van der Waals surface area contributed by atoms with E-state index in [1.807, 2.05) is 11.0 Å². The summed E-state index contributed by atoms with van der Waals surface area (Å²) in [6.07, 6.45) is 4.63. The number of amides is 1. The van der Waals surface area contributed by atoms with Crippen LogP contribution in [0.15, 0.2) is 36.7 Å². The molecule has 234 valence electrons. The fourth-order valence-electron chi connectivity index (χ4n) is 5.63. The molecule has 2 aliphatic rings. The molecule has 6 rings (SSSR count). The van der Waals surface area contributed by atoms with E-state index in [0.29, 0.717) is 95.5 Å². The standard InChI is InChI=1S/C32H35ClFN9O2/c1-19-22(5-6-26(34)38-19)29(25-17-43(41-40-25)32(7-8-32)30(44)42-9-11-45-12-10-42)39-21-13-23-27(37-18-31(2,3)4)20(15-35)16-36-28(23)24(33)14-21/h5-6,13-14,16-17,29,39H,7-12,18H2,1-4H3,(H,36,37)/t29-/m0/s1. The van der Waals surface area contributed by atoms with Crippen molar-refractivity contribution in [2.45, 2.75) is 52.1 Å². The summed E-state index contributed by atoms with van der Waals surface area (Å²) in [5.74, 6) is -0.575. The van der Waals surface area contributed by atoms with Gasteiger partial charge in [-0.05, 0) is 43.4 Å². The van der Waals surface area contributed by atoms with Gasteiger partial charge < -0.3 is 20.3 Å². The van der Waals surface area contributed by atoms with Gasteiger partial charge in [-0.3, -0.25) is 9.78 Å². The molecule has 4 aromatic rings. The Hall–Kier alpha value is -4.34. The first-order valence-corrected chi connectivity index (χ1v) is 15.3. The second-order valence-corrected chi connectivity index (χ2v) is 13.2. The zero-order valence-electron chi connectivity index (χ0n) is 25.7. The number of anilines is 2. The molecule has 1 aliphatic heterocycles. The van der Waals surface area contributed by atoms with Crippen molar-refractivity contribution >= 4 is 39.8 Å². The Morgan fingerprint density at radius 3 is 2.67 bits per heavy atom. The lowest BCUT2D eigenvalue weighted by Crippen LogP contribution is -2.47. The fraction of sp³-hybridized carbons (Fsp3) is 0.438. The number of nitrogens with zero attached hydrogens (tertiary/aromatic N) is 7. The number of hydrogen-bond donors (Lipinski definition) is 2. The summed E-state index contributed by atoms with van der Waals surface area (Å²) in [6.45, 7) is 10.8. The third-order valence-corrected chi connectivity index (χ3v) is 8.51. The van der Waals surface area contributed by atoms with E-state index in [2.05, 4.69) is 57.8 Å². The highest BCUT2D eigenvalue weighted by Crippen LogP contribution is 2.45. The van der Waals surface area contributed by atoms with Gasteiger partial charge in [-0.25, -0.2) is 9.67 Å². The van der Waals surface area contributed by atoms with Gasteiger partial charge >= 0.3 is 0 Å². The van der Waals surface area contributed by atoms with Crippen LogP contribution in [-0.4, -0.2) is 68.6 Å². The van der Waals surface area contributed by atoms with Crippen LogP contribution in [0.2, 0.25) is 5.02 Å². The molecule has 45 heavy (non-hydrogen) atoms. The van der Waals surface area contributed by atoms with Crippen molar-refractivity contribution in [2.75, 3.05) is 43.5 Å². The Morgan fingerprint density at radius 1 is 1.24 bits per heavy atom. The molecule has 1 saturated heterocycles. The van der Waals surface area contributed by atoms with Crippen molar-refractivity contribution in [2.24, 2.45) is 5.41 Å². The van der Waals surface area contributed by atoms with Crippen molar-refractivity contribution in [1.29, 1.82) is 5.26 Å². The highest BCUT2D eigenvalue weighted by Gasteiger charge is 2.55. The van der Waals surface area contributed by atoms with E-state index in [1.54, 1.807) is 29.9 Å². The average molecular weight is 632 g/mol. The average Bonchev–Trinajstić information content (AvgIpc) is 3.67. The molecule has 0 unspecified atom stereocenters. The van der Waals surface area contributed by atoms with Crippen LogP contribution < -0.4 is 10.6 Å². The number of fused-ring (bicyclic) bond motifs is 1. The van der Waals surface area contributed by atoms with Gasteiger partial charge in [0, 0.05) is 48.2 Å². The van der Waals surface area contributed by atoms with Crippen molar-refractivity contribution in [1.82, 2.24) is 29.9 Å². The second-order valence-electron chi connectivity index (χ2n) is 12.8. The number of aromatic nitrogens is 5.